The molecule has 0 spiro atoms. The van der Waals surface area contributed by atoms with Crippen molar-refractivity contribution in [1.82, 2.24) is 10.6 Å². The fraction of sp³-hybridized carbons (Fsp3) is 0.364. The van der Waals surface area contributed by atoms with Crippen LogP contribution in [-0.4, -0.2) is 30.0 Å². The Morgan fingerprint density at radius 2 is 2.21 bits per heavy atom. The van der Waals surface area contributed by atoms with Gasteiger partial charge < -0.3 is 10.6 Å². The Hall–Kier alpha value is -1.73. The second-order valence-electron chi connectivity index (χ2n) is 4.12. The van der Waals surface area contributed by atoms with Crippen molar-refractivity contribution in [2.75, 3.05) is 13.1 Å². The summed E-state index contributed by atoms with van der Waals surface area (Å²) in [6.45, 7) is 1.47. The standard InChI is InChI=1S/C11H12FN3O3.ClH/c12-8-3-7(4-10(5-8)15(17)18)11(16)14-9-1-2-13-6-9;/h3-5,9,13H,1-2,6H2,(H,14,16);1H. The van der Waals surface area contributed by atoms with Crippen LogP contribution in [0.5, 0.6) is 0 Å². The second kappa shape index (κ2) is 6.44. The van der Waals surface area contributed by atoms with Gasteiger partial charge in [-0.05, 0) is 19.0 Å². The SMILES string of the molecule is Cl.O=C(NC1CCNC1)c1cc(F)cc([N+](=O)[O-])c1. The van der Waals surface area contributed by atoms with Gasteiger partial charge in [-0.2, -0.15) is 0 Å². The van der Waals surface area contributed by atoms with E-state index in [2.05, 4.69) is 10.6 Å². The van der Waals surface area contributed by atoms with Gasteiger partial charge in [0.15, 0.2) is 0 Å². The number of nitro groups is 1. The van der Waals surface area contributed by atoms with Crippen LogP contribution < -0.4 is 10.6 Å². The monoisotopic (exact) mass is 289 g/mol. The lowest BCUT2D eigenvalue weighted by Gasteiger charge is -2.11. The van der Waals surface area contributed by atoms with Crippen molar-refractivity contribution in [1.29, 1.82) is 0 Å². The van der Waals surface area contributed by atoms with Crippen LogP contribution in [0.3, 0.4) is 0 Å². The van der Waals surface area contributed by atoms with E-state index in [1.165, 1.54) is 0 Å². The third-order valence-electron chi connectivity index (χ3n) is 2.75. The summed E-state index contributed by atoms with van der Waals surface area (Å²) in [5.41, 5.74) is -0.460. The van der Waals surface area contributed by atoms with Crippen LogP contribution in [0.4, 0.5) is 10.1 Å². The van der Waals surface area contributed by atoms with Crippen molar-refractivity contribution in [2.24, 2.45) is 0 Å². The van der Waals surface area contributed by atoms with Crippen molar-refractivity contribution >= 4 is 24.0 Å². The minimum Gasteiger partial charge on any atom is -0.348 e. The number of carbonyl (C=O) groups is 1. The number of halogens is 2. The maximum absolute atomic E-state index is 13.2. The van der Waals surface area contributed by atoms with E-state index in [0.717, 1.165) is 31.2 Å². The summed E-state index contributed by atoms with van der Waals surface area (Å²) in [6, 6.07) is 2.83. The fourth-order valence-electron chi connectivity index (χ4n) is 1.86. The fourth-order valence-corrected chi connectivity index (χ4v) is 1.86. The molecule has 0 saturated carbocycles. The third kappa shape index (κ3) is 3.87. The molecule has 1 aliphatic rings. The van der Waals surface area contributed by atoms with E-state index < -0.39 is 22.3 Å². The number of non-ortho nitro benzene ring substituents is 1. The molecule has 0 radical (unpaired) electrons. The van der Waals surface area contributed by atoms with Crippen LogP contribution in [0.25, 0.3) is 0 Å². The van der Waals surface area contributed by atoms with E-state index in [1.807, 2.05) is 0 Å². The first kappa shape index (κ1) is 15.3. The molecule has 2 rings (SSSR count). The molecule has 1 aliphatic heterocycles. The average Bonchev–Trinajstić information content (AvgIpc) is 2.80. The Kier molecular flexibility index (Phi) is 5.20. The molecule has 104 valence electrons. The first-order chi connectivity index (χ1) is 8.56. The minimum absolute atomic E-state index is 0. The number of hydrogen-bond acceptors (Lipinski definition) is 4. The molecule has 0 aromatic heterocycles. The van der Waals surface area contributed by atoms with Gasteiger partial charge in [-0.15, -0.1) is 12.4 Å². The van der Waals surface area contributed by atoms with Gasteiger partial charge in [0, 0.05) is 24.2 Å². The second-order valence-corrected chi connectivity index (χ2v) is 4.12. The minimum atomic E-state index is -0.793. The summed E-state index contributed by atoms with van der Waals surface area (Å²) < 4.78 is 13.2. The maximum Gasteiger partial charge on any atom is 0.273 e. The molecule has 1 aromatic carbocycles. The first-order valence-electron chi connectivity index (χ1n) is 5.53. The molecule has 1 fully saturated rings. The quantitative estimate of drug-likeness (QED) is 0.648. The lowest BCUT2D eigenvalue weighted by Crippen LogP contribution is -2.36. The molecular weight excluding hydrogens is 277 g/mol. The molecule has 1 amide bonds. The predicted octanol–water partition coefficient (Wildman–Crippen LogP) is 1.25. The highest BCUT2D eigenvalue weighted by molar-refractivity contribution is 5.95. The van der Waals surface area contributed by atoms with Crippen LogP contribution in [0.2, 0.25) is 0 Å². The summed E-state index contributed by atoms with van der Waals surface area (Å²) in [4.78, 5) is 21.6. The zero-order valence-corrected chi connectivity index (χ0v) is 10.7. The summed E-state index contributed by atoms with van der Waals surface area (Å²) in [7, 11) is 0. The molecule has 2 N–H and O–H groups in total. The van der Waals surface area contributed by atoms with Crippen molar-refractivity contribution in [3.05, 3.63) is 39.7 Å². The molecule has 0 aliphatic carbocycles. The van der Waals surface area contributed by atoms with Gasteiger partial charge in [0.05, 0.1) is 11.0 Å². The van der Waals surface area contributed by atoms with Crippen molar-refractivity contribution in [2.45, 2.75) is 12.5 Å². The topological polar surface area (TPSA) is 84.3 Å². The average molecular weight is 290 g/mol. The van der Waals surface area contributed by atoms with Crippen molar-refractivity contribution < 1.29 is 14.1 Å². The van der Waals surface area contributed by atoms with E-state index in [-0.39, 0.29) is 24.0 Å². The van der Waals surface area contributed by atoms with E-state index in [1.54, 1.807) is 0 Å². The first-order valence-corrected chi connectivity index (χ1v) is 5.53. The van der Waals surface area contributed by atoms with Crippen LogP contribution in [0.1, 0.15) is 16.8 Å². The molecule has 0 bridgehead atoms. The lowest BCUT2D eigenvalue weighted by atomic mass is 10.1. The van der Waals surface area contributed by atoms with Crippen LogP contribution >= 0.6 is 12.4 Å². The molecule has 1 atom stereocenters. The molecule has 1 unspecified atom stereocenters. The van der Waals surface area contributed by atoms with Gasteiger partial charge in [-0.1, -0.05) is 0 Å². The number of nitrogens with zero attached hydrogens (tertiary/aromatic N) is 1. The molecular formula is C11H13ClFN3O3. The van der Waals surface area contributed by atoms with Crippen LogP contribution in [0.15, 0.2) is 18.2 Å². The number of nitro benzene ring substituents is 1. The summed E-state index contributed by atoms with van der Waals surface area (Å²) in [6.07, 6.45) is 0.795. The van der Waals surface area contributed by atoms with E-state index in [9.17, 15) is 19.3 Å². The van der Waals surface area contributed by atoms with Crippen LogP contribution in [0, 0.1) is 15.9 Å². The van der Waals surface area contributed by atoms with Gasteiger partial charge in [-0.25, -0.2) is 4.39 Å². The van der Waals surface area contributed by atoms with Gasteiger partial charge in [-0.3, -0.25) is 14.9 Å². The number of carbonyl (C=O) groups excluding carboxylic acids is 1. The largest absolute Gasteiger partial charge is 0.348 e. The van der Waals surface area contributed by atoms with Crippen LogP contribution in [-0.2, 0) is 0 Å². The number of rotatable bonds is 3. The Morgan fingerprint density at radius 3 is 2.79 bits per heavy atom. The summed E-state index contributed by atoms with van der Waals surface area (Å²) in [5.74, 6) is -1.29. The normalized spacial score (nSPS) is 17.6. The van der Waals surface area contributed by atoms with E-state index >= 15 is 0 Å². The van der Waals surface area contributed by atoms with Gasteiger partial charge >= 0.3 is 0 Å². The van der Waals surface area contributed by atoms with E-state index in [0.29, 0.717) is 6.54 Å². The molecule has 8 heteroatoms. The maximum atomic E-state index is 13.2. The molecule has 1 saturated heterocycles. The lowest BCUT2D eigenvalue weighted by molar-refractivity contribution is -0.385. The number of hydrogen-bond donors (Lipinski definition) is 2. The predicted molar refractivity (Wildman–Crippen MR) is 69.0 cm³/mol. The molecule has 6 nitrogen and oxygen atoms in total. The Labute approximate surface area is 114 Å². The van der Waals surface area contributed by atoms with Gasteiger partial charge in [0.1, 0.15) is 5.82 Å². The van der Waals surface area contributed by atoms with Gasteiger partial charge in [0.25, 0.3) is 11.6 Å². The summed E-state index contributed by atoms with van der Waals surface area (Å²) in [5, 5.41) is 16.3. The number of nitrogens with one attached hydrogen (secondary N) is 2. The zero-order chi connectivity index (χ0) is 13.1. The van der Waals surface area contributed by atoms with E-state index in [4.69, 9.17) is 0 Å². The van der Waals surface area contributed by atoms with Gasteiger partial charge in [0.2, 0.25) is 0 Å². The molecule has 1 aromatic rings. The van der Waals surface area contributed by atoms with Crippen molar-refractivity contribution in [3.8, 4) is 0 Å². The smallest absolute Gasteiger partial charge is 0.273 e. The zero-order valence-electron chi connectivity index (χ0n) is 9.89. The summed E-state index contributed by atoms with van der Waals surface area (Å²) >= 11 is 0. The third-order valence-corrected chi connectivity index (χ3v) is 2.75. The van der Waals surface area contributed by atoms with Crippen molar-refractivity contribution in [3.63, 3.8) is 0 Å². The number of benzene rings is 1. The Balaban J connectivity index is 0.00000180. The Bertz CT molecular complexity index is 492. The molecule has 1 heterocycles. The Morgan fingerprint density at radius 1 is 1.47 bits per heavy atom. The highest BCUT2D eigenvalue weighted by Crippen LogP contribution is 2.16. The highest BCUT2D eigenvalue weighted by atomic mass is 35.5. The highest BCUT2D eigenvalue weighted by Gasteiger charge is 2.19. The molecule has 19 heavy (non-hydrogen) atoms. The number of amides is 1.